The van der Waals surface area contributed by atoms with Gasteiger partial charge in [-0.05, 0) is 0 Å². The Morgan fingerprint density at radius 2 is 2.56 bits per heavy atom. The maximum absolute atomic E-state index is 3.98. The second-order valence-electron chi connectivity index (χ2n) is 1.57. The molecule has 0 saturated carbocycles. The monoisotopic (exact) mass is 134 g/mol. The van der Waals surface area contributed by atoms with E-state index in [9.17, 15) is 0 Å². The fraction of sp³-hybridized carbons (Fsp3) is 0. The molecule has 0 aliphatic carbocycles. The Kier molecular flexibility index (Phi) is 0.960. The molecule has 0 aliphatic heterocycles. The van der Waals surface area contributed by atoms with Crippen molar-refractivity contribution < 1.29 is 0 Å². The molecule has 0 N–H and O–H groups in total. The van der Waals surface area contributed by atoms with Gasteiger partial charge in [-0.25, -0.2) is 4.98 Å². The third-order valence-electron chi connectivity index (χ3n) is 1.01. The van der Waals surface area contributed by atoms with Gasteiger partial charge in [-0.2, -0.15) is 0 Å². The zero-order valence-electron chi connectivity index (χ0n) is 4.46. The summed E-state index contributed by atoms with van der Waals surface area (Å²) in [5, 5.41) is 4.87. The van der Waals surface area contributed by atoms with Crippen LogP contribution in [0, 0.1) is 11.6 Å². The van der Waals surface area contributed by atoms with Gasteiger partial charge in [-0.15, -0.1) is 11.3 Å². The number of nitrogens with zero attached hydrogens (tertiary/aromatic N) is 2. The molecule has 2 aromatic heterocycles. The fourth-order valence-corrected chi connectivity index (χ4v) is 1.22. The van der Waals surface area contributed by atoms with Crippen molar-refractivity contribution in [1.29, 1.82) is 0 Å². The number of rotatable bonds is 0. The van der Waals surface area contributed by atoms with Crippen molar-refractivity contribution in [3.63, 3.8) is 0 Å². The van der Waals surface area contributed by atoms with E-state index in [1.807, 2.05) is 5.38 Å². The van der Waals surface area contributed by atoms with Crippen molar-refractivity contribution in [1.82, 2.24) is 9.97 Å². The van der Waals surface area contributed by atoms with Crippen molar-refractivity contribution in [2.24, 2.45) is 0 Å². The molecular formula is C6H2N2S. The van der Waals surface area contributed by atoms with Crippen LogP contribution >= 0.6 is 11.3 Å². The van der Waals surface area contributed by atoms with Crippen LogP contribution in [-0.4, -0.2) is 9.97 Å². The maximum Gasteiger partial charge on any atom is 0.109 e. The van der Waals surface area contributed by atoms with Crippen LogP contribution in [0.1, 0.15) is 0 Å². The Balaban J connectivity index is 2.95. The molecule has 0 amide bonds. The summed E-state index contributed by atoms with van der Waals surface area (Å²) in [4.78, 5) is 7.91. The summed E-state index contributed by atoms with van der Waals surface area (Å²) in [5.74, 6) is 0. The van der Waals surface area contributed by atoms with Gasteiger partial charge in [0.05, 0.1) is 11.6 Å². The van der Waals surface area contributed by atoms with E-state index in [4.69, 9.17) is 0 Å². The highest BCUT2D eigenvalue weighted by molar-refractivity contribution is 7.08. The molecule has 0 saturated heterocycles. The average molecular weight is 134 g/mol. The van der Waals surface area contributed by atoms with E-state index in [2.05, 4.69) is 21.5 Å². The van der Waals surface area contributed by atoms with Crippen molar-refractivity contribution in [3.05, 3.63) is 23.2 Å². The van der Waals surface area contributed by atoms with Crippen molar-refractivity contribution in [2.75, 3.05) is 0 Å². The average Bonchev–Trinajstić information content (AvgIpc) is 2.33. The topological polar surface area (TPSA) is 25.8 Å². The molecular weight excluding hydrogens is 132 g/mol. The zero-order chi connectivity index (χ0) is 6.10. The lowest BCUT2D eigenvalue weighted by Gasteiger charge is -1.80. The number of thiophene rings is 1. The lowest BCUT2D eigenvalue weighted by molar-refractivity contribution is 1.29. The summed E-state index contributed by atoms with van der Waals surface area (Å²) < 4.78 is 0. The second-order valence-corrected chi connectivity index (χ2v) is 2.25. The molecule has 9 heavy (non-hydrogen) atoms. The van der Waals surface area contributed by atoms with Crippen LogP contribution in [-0.2, 0) is 0 Å². The third-order valence-corrected chi connectivity index (χ3v) is 1.66. The normalized spacial score (nSPS) is 10.2. The first-order chi connectivity index (χ1) is 4.47. The van der Waals surface area contributed by atoms with Gasteiger partial charge < -0.3 is 0 Å². The first-order valence-electron chi connectivity index (χ1n) is 2.45. The molecule has 2 heterocycles. The largest absolute Gasteiger partial charge is 0.251 e. The Morgan fingerprint density at radius 3 is 3.44 bits per heavy atom. The van der Waals surface area contributed by atoms with Crippen LogP contribution in [0.4, 0.5) is 0 Å². The Labute approximate surface area is 56.2 Å². The number of hydrogen-bond donors (Lipinski definition) is 0. The number of aromatic nitrogens is 2. The van der Waals surface area contributed by atoms with Gasteiger partial charge in [0.2, 0.25) is 0 Å². The molecule has 0 aromatic carbocycles. The minimum Gasteiger partial charge on any atom is -0.251 e. The first kappa shape index (κ1) is 4.88. The molecule has 2 aromatic rings. The molecule has 0 aliphatic rings. The molecule has 42 valence electrons. The lowest BCUT2D eigenvalue weighted by Crippen LogP contribution is -1.74. The smallest absolute Gasteiger partial charge is 0.109 e. The Hall–Kier alpha value is -0.960. The highest BCUT2D eigenvalue weighted by atomic mass is 32.1. The minimum absolute atomic E-state index is 0.832. The van der Waals surface area contributed by atoms with E-state index in [0.717, 1.165) is 11.0 Å². The molecule has 0 atom stereocenters. The van der Waals surface area contributed by atoms with E-state index in [1.165, 1.54) is 11.3 Å². The third kappa shape index (κ3) is 0.695. The molecule has 2 radical (unpaired) electrons. The van der Waals surface area contributed by atoms with Gasteiger partial charge in [0.1, 0.15) is 17.2 Å². The van der Waals surface area contributed by atoms with Crippen molar-refractivity contribution >= 4 is 22.4 Å². The van der Waals surface area contributed by atoms with Crippen LogP contribution in [0.3, 0.4) is 0 Å². The van der Waals surface area contributed by atoms with Crippen LogP contribution in [0.5, 0.6) is 0 Å². The van der Waals surface area contributed by atoms with E-state index in [1.54, 1.807) is 6.20 Å². The number of hydrogen-bond acceptors (Lipinski definition) is 3. The molecule has 0 spiro atoms. The van der Waals surface area contributed by atoms with Crippen LogP contribution in [0.2, 0.25) is 0 Å². The Morgan fingerprint density at radius 1 is 1.56 bits per heavy atom. The van der Waals surface area contributed by atoms with Gasteiger partial charge in [-0.1, -0.05) is 0 Å². The van der Waals surface area contributed by atoms with Crippen molar-refractivity contribution in [3.8, 4) is 0 Å². The molecule has 2 rings (SSSR count). The quantitative estimate of drug-likeness (QED) is 0.542. The maximum atomic E-state index is 3.98. The minimum atomic E-state index is 0.832. The molecule has 0 fully saturated rings. The summed E-state index contributed by atoms with van der Waals surface area (Å²) in [5.41, 5.74) is 1.71. The van der Waals surface area contributed by atoms with Gasteiger partial charge in [0.15, 0.2) is 0 Å². The van der Waals surface area contributed by atoms with Gasteiger partial charge in [0.25, 0.3) is 0 Å². The molecule has 3 heteroatoms. The molecule has 2 nitrogen and oxygen atoms in total. The highest BCUT2D eigenvalue weighted by Gasteiger charge is 1.92. The summed E-state index contributed by atoms with van der Waals surface area (Å²) >= 11 is 1.48. The van der Waals surface area contributed by atoms with Crippen LogP contribution in [0.15, 0.2) is 11.6 Å². The Bertz CT molecular complexity index is 285. The fourth-order valence-electron chi connectivity index (χ4n) is 0.613. The van der Waals surface area contributed by atoms with E-state index >= 15 is 0 Å². The summed E-state index contributed by atoms with van der Waals surface area (Å²) in [6.45, 7) is 0. The van der Waals surface area contributed by atoms with Gasteiger partial charge in [-0.3, -0.25) is 4.98 Å². The van der Waals surface area contributed by atoms with Crippen LogP contribution in [0.25, 0.3) is 11.0 Å². The zero-order valence-corrected chi connectivity index (χ0v) is 5.27. The second kappa shape index (κ2) is 1.77. The summed E-state index contributed by atoms with van der Waals surface area (Å²) in [6.07, 6.45) is 4.19. The predicted octanol–water partition coefficient (Wildman–Crippen LogP) is 1.29. The first-order valence-corrected chi connectivity index (χ1v) is 3.33. The molecule has 0 bridgehead atoms. The van der Waals surface area contributed by atoms with Gasteiger partial charge >= 0.3 is 0 Å². The number of fused-ring (bicyclic) bond motifs is 1. The van der Waals surface area contributed by atoms with E-state index < -0.39 is 0 Å². The highest BCUT2D eigenvalue weighted by Crippen LogP contribution is 2.10. The molecule has 0 unspecified atom stereocenters. The SMILES string of the molecule is [c]1cnc2[c]scc2n1. The van der Waals surface area contributed by atoms with E-state index in [-0.39, 0.29) is 0 Å². The van der Waals surface area contributed by atoms with Gasteiger partial charge in [0, 0.05) is 5.38 Å². The predicted molar refractivity (Wildman–Crippen MR) is 35.1 cm³/mol. The lowest BCUT2D eigenvalue weighted by atomic mass is 10.5. The standard InChI is InChI=1S/C6H2N2S/c1-2-8-6-4-9-3-5(6)7-1/h1,4H. The van der Waals surface area contributed by atoms with E-state index in [0.29, 0.717) is 0 Å². The van der Waals surface area contributed by atoms with Crippen LogP contribution < -0.4 is 0 Å². The summed E-state index contributed by atoms with van der Waals surface area (Å²) in [6, 6.07) is 0. The summed E-state index contributed by atoms with van der Waals surface area (Å²) in [7, 11) is 0. The van der Waals surface area contributed by atoms with Crippen molar-refractivity contribution in [2.45, 2.75) is 0 Å².